The second-order valence-corrected chi connectivity index (χ2v) is 6.25. The highest BCUT2D eigenvalue weighted by molar-refractivity contribution is 5.82. The average molecular weight is 242 g/mol. The Morgan fingerprint density at radius 1 is 1.35 bits per heavy atom. The molecule has 0 aromatic carbocycles. The third-order valence-electron chi connectivity index (χ3n) is 3.28. The number of rotatable bonds is 4. The lowest BCUT2D eigenvalue weighted by Crippen LogP contribution is -2.57. The van der Waals surface area contributed by atoms with Crippen molar-refractivity contribution < 1.29 is 9.90 Å². The molecule has 100 valence electrons. The summed E-state index contributed by atoms with van der Waals surface area (Å²) < 4.78 is 0. The smallest absolute Gasteiger partial charge is 0.237 e. The molecule has 17 heavy (non-hydrogen) atoms. The first-order chi connectivity index (χ1) is 7.78. The number of carbonyl (C=O) groups is 1. The summed E-state index contributed by atoms with van der Waals surface area (Å²) in [4.78, 5) is 11.9. The van der Waals surface area contributed by atoms with Gasteiger partial charge in [0.1, 0.15) is 0 Å². The standard InChI is InChI=1S/C13H26N2O2/c1-10(11(17)15-12(2,3)4)14-13(9-16)7-5-6-8-13/h10,14,16H,5-9H2,1-4H3,(H,15,17). The molecule has 1 amide bonds. The molecular formula is C13H26N2O2. The van der Waals surface area contributed by atoms with E-state index in [0.29, 0.717) is 0 Å². The molecule has 0 heterocycles. The van der Waals surface area contributed by atoms with Gasteiger partial charge in [0.15, 0.2) is 0 Å². The minimum Gasteiger partial charge on any atom is -0.394 e. The van der Waals surface area contributed by atoms with Crippen molar-refractivity contribution in [1.82, 2.24) is 10.6 Å². The molecule has 1 aliphatic carbocycles. The molecule has 3 N–H and O–H groups in total. The van der Waals surface area contributed by atoms with Gasteiger partial charge in [0, 0.05) is 11.1 Å². The molecule has 0 aliphatic heterocycles. The van der Waals surface area contributed by atoms with Crippen molar-refractivity contribution in [3.8, 4) is 0 Å². The Bertz CT molecular complexity index is 265. The van der Waals surface area contributed by atoms with Crippen molar-refractivity contribution in [3.63, 3.8) is 0 Å². The Labute approximate surface area is 104 Å². The van der Waals surface area contributed by atoms with Crippen LogP contribution in [0, 0.1) is 0 Å². The van der Waals surface area contributed by atoms with E-state index in [-0.39, 0.29) is 29.6 Å². The van der Waals surface area contributed by atoms with Crippen molar-refractivity contribution in [1.29, 1.82) is 0 Å². The van der Waals surface area contributed by atoms with Crippen LogP contribution in [0.1, 0.15) is 53.4 Å². The average Bonchev–Trinajstić information content (AvgIpc) is 2.64. The van der Waals surface area contributed by atoms with Gasteiger partial charge < -0.3 is 10.4 Å². The molecular weight excluding hydrogens is 216 g/mol. The molecule has 0 bridgehead atoms. The molecule has 1 unspecified atom stereocenters. The molecule has 0 spiro atoms. The second-order valence-electron chi connectivity index (χ2n) is 6.25. The lowest BCUT2D eigenvalue weighted by Gasteiger charge is -2.32. The van der Waals surface area contributed by atoms with Crippen LogP contribution in [0.15, 0.2) is 0 Å². The molecule has 1 saturated carbocycles. The second kappa shape index (κ2) is 5.36. The van der Waals surface area contributed by atoms with Gasteiger partial charge in [-0.05, 0) is 40.5 Å². The van der Waals surface area contributed by atoms with E-state index in [1.807, 2.05) is 27.7 Å². The summed E-state index contributed by atoms with van der Waals surface area (Å²) in [5.41, 5.74) is -0.455. The molecule has 1 atom stereocenters. The molecule has 0 aromatic heterocycles. The van der Waals surface area contributed by atoms with Crippen molar-refractivity contribution in [2.24, 2.45) is 0 Å². The van der Waals surface area contributed by atoms with Crippen LogP contribution in [0.25, 0.3) is 0 Å². The van der Waals surface area contributed by atoms with E-state index in [9.17, 15) is 9.90 Å². The van der Waals surface area contributed by atoms with Crippen LogP contribution in [0.3, 0.4) is 0 Å². The summed E-state index contributed by atoms with van der Waals surface area (Å²) in [6, 6.07) is -0.264. The Kier molecular flexibility index (Phi) is 4.55. The van der Waals surface area contributed by atoms with Gasteiger partial charge in [-0.3, -0.25) is 10.1 Å². The summed E-state index contributed by atoms with van der Waals surface area (Å²) in [7, 11) is 0. The number of hydrogen-bond acceptors (Lipinski definition) is 3. The number of hydrogen-bond donors (Lipinski definition) is 3. The number of nitrogens with one attached hydrogen (secondary N) is 2. The number of carbonyl (C=O) groups excluding carboxylic acids is 1. The summed E-state index contributed by atoms with van der Waals surface area (Å²) in [5, 5.41) is 15.7. The summed E-state index contributed by atoms with van der Waals surface area (Å²) in [5.74, 6) is -0.00257. The predicted octanol–water partition coefficient (Wildman–Crippen LogP) is 1.18. The van der Waals surface area contributed by atoms with Gasteiger partial charge in [-0.2, -0.15) is 0 Å². The molecule has 4 heteroatoms. The predicted molar refractivity (Wildman–Crippen MR) is 68.8 cm³/mol. The van der Waals surface area contributed by atoms with Crippen LogP contribution < -0.4 is 10.6 Å². The summed E-state index contributed by atoms with van der Waals surface area (Å²) in [6.45, 7) is 7.87. The normalized spacial score (nSPS) is 21.2. The molecule has 1 rings (SSSR count). The largest absolute Gasteiger partial charge is 0.394 e. The Balaban J connectivity index is 2.53. The fourth-order valence-electron chi connectivity index (χ4n) is 2.40. The molecule has 1 aliphatic rings. The maximum atomic E-state index is 11.9. The van der Waals surface area contributed by atoms with E-state index in [4.69, 9.17) is 0 Å². The van der Waals surface area contributed by atoms with Gasteiger partial charge in [0.05, 0.1) is 12.6 Å². The molecule has 0 radical (unpaired) electrons. The van der Waals surface area contributed by atoms with Crippen molar-refractivity contribution in [2.75, 3.05) is 6.61 Å². The van der Waals surface area contributed by atoms with Crippen LogP contribution in [0.2, 0.25) is 0 Å². The van der Waals surface area contributed by atoms with E-state index in [1.165, 1.54) is 0 Å². The van der Waals surface area contributed by atoms with E-state index < -0.39 is 0 Å². The van der Waals surface area contributed by atoms with Crippen LogP contribution in [-0.2, 0) is 4.79 Å². The Hall–Kier alpha value is -0.610. The number of aliphatic hydroxyl groups excluding tert-OH is 1. The van der Waals surface area contributed by atoms with Crippen molar-refractivity contribution in [2.45, 2.75) is 70.5 Å². The van der Waals surface area contributed by atoms with Gasteiger partial charge in [0.25, 0.3) is 0 Å². The van der Waals surface area contributed by atoms with E-state index in [2.05, 4.69) is 10.6 Å². The van der Waals surface area contributed by atoms with E-state index >= 15 is 0 Å². The molecule has 1 fully saturated rings. The maximum absolute atomic E-state index is 11.9. The topological polar surface area (TPSA) is 61.4 Å². The van der Waals surface area contributed by atoms with E-state index in [1.54, 1.807) is 0 Å². The van der Waals surface area contributed by atoms with Gasteiger partial charge in [0.2, 0.25) is 5.91 Å². The summed E-state index contributed by atoms with van der Waals surface area (Å²) >= 11 is 0. The fraction of sp³-hybridized carbons (Fsp3) is 0.923. The molecule has 0 aromatic rings. The number of amides is 1. The minimum absolute atomic E-state index is 0.00257. The first-order valence-electron chi connectivity index (χ1n) is 6.49. The zero-order valence-electron chi connectivity index (χ0n) is 11.5. The number of aliphatic hydroxyl groups is 1. The monoisotopic (exact) mass is 242 g/mol. The zero-order chi connectivity index (χ0) is 13.1. The lowest BCUT2D eigenvalue weighted by molar-refractivity contribution is -0.124. The Morgan fingerprint density at radius 3 is 2.29 bits per heavy atom. The third-order valence-corrected chi connectivity index (χ3v) is 3.28. The highest BCUT2D eigenvalue weighted by Crippen LogP contribution is 2.29. The van der Waals surface area contributed by atoms with Gasteiger partial charge >= 0.3 is 0 Å². The third kappa shape index (κ3) is 4.28. The first kappa shape index (κ1) is 14.5. The molecule has 4 nitrogen and oxygen atoms in total. The quantitative estimate of drug-likeness (QED) is 0.694. The molecule has 0 saturated heterocycles. The highest BCUT2D eigenvalue weighted by atomic mass is 16.3. The van der Waals surface area contributed by atoms with Crippen LogP contribution in [0.5, 0.6) is 0 Å². The summed E-state index contributed by atoms with van der Waals surface area (Å²) in [6.07, 6.45) is 4.16. The lowest BCUT2D eigenvalue weighted by atomic mass is 9.97. The van der Waals surface area contributed by atoms with Gasteiger partial charge in [-0.1, -0.05) is 12.8 Å². The highest BCUT2D eigenvalue weighted by Gasteiger charge is 2.35. The van der Waals surface area contributed by atoms with E-state index in [0.717, 1.165) is 25.7 Å². The SMILES string of the molecule is CC(NC1(CO)CCCC1)C(=O)NC(C)(C)C. The fourth-order valence-corrected chi connectivity index (χ4v) is 2.40. The van der Waals surface area contributed by atoms with Gasteiger partial charge in [-0.25, -0.2) is 0 Å². The maximum Gasteiger partial charge on any atom is 0.237 e. The van der Waals surface area contributed by atoms with Crippen LogP contribution in [0.4, 0.5) is 0 Å². The Morgan fingerprint density at radius 2 is 1.88 bits per heavy atom. The van der Waals surface area contributed by atoms with Crippen LogP contribution in [-0.4, -0.2) is 34.7 Å². The zero-order valence-corrected chi connectivity index (χ0v) is 11.5. The van der Waals surface area contributed by atoms with Crippen molar-refractivity contribution >= 4 is 5.91 Å². The van der Waals surface area contributed by atoms with Crippen molar-refractivity contribution in [3.05, 3.63) is 0 Å². The van der Waals surface area contributed by atoms with Crippen LogP contribution >= 0.6 is 0 Å². The van der Waals surface area contributed by atoms with Gasteiger partial charge in [-0.15, -0.1) is 0 Å². The first-order valence-corrected chi connectivity index (χ1v) is 6.49. The minimum atomic E-state index is -0.264.